The fraction of sp³-hybridized carbons (Fsp3) is 0.417. The molecule has 0 radical (unpaired) electrons. The van der Waals surface area contributed by atoms with Crippen LogP contribution in [0.2, 0.25) is 10.0 Å². The Balaban J connectivity index is 2.23. The van der Waals surface area contributed by atoms with Crippen LogP contribution >= 0.6 is 23.2 Å². The highest BCUT2D eigenvalue weighted by Crippen LogP contribution is 2.46. The number of ether oxygens (including phenoxy) is 2. The van der Waals surface area contributed by atoms with Gasteiger partial charge in [0.25, 0.3) is 5.91 Å². The van der Waals surface area contributed by atoms with Crippen LogP contribution in [0.1, 0.15) is 45.2 Å². The van der Waals surface area contributed by atoms with E-state index in [0.29, 0.717) is 33.4 Å². The largest absolute Gasteiger partial charge is 0.466 e. The van der Waals surface area contributed by atoms with E-state index in [1.54, 1.807) is 30.0 Å². The molecule has 1 aliphatic rings. The minimum absolute atomic E-state index is 0.191. The highest BCUT2D eigenvalue weighted by Gasteiger charge is 2.45. The van der Waals surface area contributed by atoms with E-state index in [1.807, 2.05) is 45.0 Å². The van der Waals surface area contributed by atoms with Crippen LogP contribution in [0.25, 0.3) is 0 Å². The normalized spacial score (nSPS) is 21.1. The van der Waals surface area contributed by atoms with Gasteiger partial charge in [0.05, 0.1) is 18.7 Å². The standard InChI is InChI=1S/C24H27Cl2NO4/c1-5-30-22(28)13-21-23(29)27(14-15(2)3)20-11-10-16(25)12-18(20)24(4,31-21)17-8-6-7-9-19(17)26/h6-12,15,21H,5,13-14H2,1-4H3. The Hall–Kier alpha value is -2.08. The van der Waals surface area contributed by atoms with Gasteiger partial charge in [0.2, 0.25) is 0 Å². The SMILES string of the molecule is CCOC(=O)CC1OC(C)(c2ccccc2Cl)c2cc(Cl)ccc2N(CC(C)C)C1=O. The number of hydrogen-bond donors (Lipinski definition) is 0. The summed E-state index contributed by atoms with van der Waals surface area (Å²) in [5, 5.41) is 1.01. The Morgan fingerprint density at radius 2 is 1.90 bits per heavy atom. The van der Waals surface area contributed by atoms with Crippen molar-refractivity contribution in [2.24, 2.45) is 5.92 Å². The van der Waals surface area contributed by atoms with Gasteiger partial charge in [0.15, 0.2) is 0 Å². The second-order valence-electron chi connectivity index (χ2n) is 8.13. The average Bonchev–Trinajstić information content (AvgIpc) is 2.78. The molecule has 0 aromatic heterocycles. The third-order valence-electron chi connectivity index (χ3n) is 5.28. The first-order chi connectivity index (χ1) is 14.7. The van der Waals surface area contributed by atoms with E-state index < -0.39 is 17.7 Å². The lowest BCUT2D eigenvalue weighted by Gasteiger charge is -2.33. The molecule has 1 heterocycles. The molecule has 2 unspecified atom stereocenters. The third-order valence-corrected chi connectivity index (χ3v) is 5.84. The number of carbonyl (C=O) groups is 2. The first-order valence-electron chi connectivity index (χ1n) is 10.4. The minimum atomic E-state index is -1.11. The van der Waals surface area contributed by atoms with Crippen LogP contribution in [0.3, 0.4) is 0 Å². The van der Waals surface area contributed by atoms with Gasteiger partial charge in [0.1, 0.15) is 11.7 Å². The molecular weight excluding hydrogens is 437 g/mol. The predicted molar refractivity (Wildman–Crippen MR) is 123 cm³/mol. The molecule has 1 amide bonds. The molecule has 2 aromatic rings. The summed E-state index contributed by atoms with van der Waals surface area (Å²) in [6.07, 6.45) is -1.23. The quantitative estimate of drug-likeness (QED) is 0.523. The van der Waals surface area contributed by atoms with Crippen molar-refractivity contribution in [1.82, 2.24) is 0 Å². The van der Waals surface area contributed by atoms with Gasteiger partial charge in [-0.05, 0) is 44.0 Å². The van der Waals surface area contributed by atoms with Crippen LogP contribution in [0, 0.1) is 5.92 Å². The van der Waals surface area contributed by atoms with Gasteiger partial charge >= 0.3 is 5.97 Å². The van der Waals surface area contributed by atoms with Crippen molar-refractivity contribution in [2.75, 3.05) is 18.1 Å². The van der Waals surface area contributed by atoms with Crippen LogP contribution in [0.4, 0.5) is 5.69 Å². The summed E-state index contributed by atoms with van der Waals surface area (Å²) in [5.74, 6) is -0.586. The Labute approximate surface area is 193 Å². The maximum Gasteiger partial charge on any atom is 0.308 e. The van der Waals surface area contributed by atoms with E-state index in [-0.39, 0.29) is 24.9 Å². The number of halogens is 2. The number of benzene rings is 2. The molecule has 1 aliphatic heterocycles. The number of hydrogen-bond acceptors (Lipinski definition) is 4. The second-order valence-corrected chi connectivity index (χ2v) is 8.98. The maximum absolute atomic E-state index is 13.6. The molecule has 0 bridgehead atoms. The number of fused-ring (bicyclic) bond motifs is 1. The van der Waals surface area contributed by atoms with Crippen LogP contribution < -0.4 is 4.90 Å². The van der Waals surface area contributed by atoms with E-state index in [0.717, 1.165) is 0 Å². The predicted octanol–water partition coefficient (Wildman–Crippen LogP) is 5.60. The molecular formula is C24H27Cl2NO4. The third kappa shape index (κ3) is 4.89. The number of esters is 1. The van der Waals surface area contributed by atoms with Crippen LogP contribution in [-0.4, -0.2) is 31.1 Å². The molecule has 0 saturated heterocycles. The Morgan fingerprint density at radius 1 is 1.19 bits per heavy atom. The van der Waals surface area contributed by atoms with Crippen molar-refractivity contribution in [3.05, 3.63) is 63.6 Å². The maximum atomic E-state index is 13.6. The fourth-order valence-corrected chi connectivity index (χ4v) is 4.42. The van der Waals surface area contributed by atoms with Crippen molar-refractivity contribution in [2.45, 2.75) is 45.8 Å². The lowest BCUT2D eigenvalue weighted by atomic mass is 9.86. The summed E-state index contributed by atoms with van der Waals surface area (Å²) < 4.78 is 11.6. The molecule has 2 aromatic carbocycles. The first kappa shape index (κ1) is 23.6. The number of nitrogens with zero attached hydrogens (tertiary/aromatic N) is 1. The van der Waals surface area contributed by atoms with E-state index in [4.69, 9.17) is 32.7 Å². The molecule has 2 atom stereocenters. The Bertz CT molecular complexity index is 978. The van der Waals surface area contributed by atoms with Crippen molar-refractivity contribution >= 4 is 40.8 Å². The van der Waals surface area contributed by atoms with Gasteiger partial charge in [-0.25, -0.2) is 0 Å². The van der Waals surface area contributed by atoms with Crippen molar-refractivity contribution < 1.29 is 19.1 Å². The minimum Gasteiger partial charge on any atom is -0.466 e. The lowest BCUT2D eigenvalue weighted by molar-refractivity contribution is -0.155. The molecule has 5 nitrogen and oxygen atoms in total. The Morgan fingerprint density at radius 3 is 2.55 bits per heavy atom. The zero-order chi connectivity index (χ0) is 22.8. The van der Waals surface area contributed by atoms with Crippen LogP contribution in [0.15, 0.2) is 42.5 Å². The summed E-state index contributed by atoms with van der Waals surface area (Å²) in [5.41, 5.74) is 0.982. The first-order valence-corrected chi connectivity index (χ1v) is 11.1. The molecule has 31 heavy (non-hydrogen) atoms. The summed E-state index contributed by atoms with van der Waals surface area (Å²) >= 11 is 12.9. The second kappa shape index (κ2) is 9.60. The summed E-state index contributed by atoms with van der Waals surface area (Å²) in [4.78, 5) is 27.6. The molecule has 0 fully saturated rings. The topological polar surface area (TPSA) is 55.8 Å². The molecule has 0 N–H and O–H groups in total. The smallest absolute Gasteiger partial charge is 0.308 e. The zero-order valence-electron chi connectivity index (χ0n) is 18.2. The van der Waals surface area contributed by atoms with Crippen molar-refractivity contribution in [3.63, 3.8) is 0 Å². The van der Waals surface area contributed by atoms with Gasteiger partial charge in [-0.15, -0.1) is 0 Å². The molecule has 0 saturated carbocycles. The van der Waals surface area contributed by atoms with Gasteiger partial charge in [0, 0.05) is 27.7 Å². The number of amides is 1. The Kier molecular flexibility index (Phi) is 7.30. The van der Waals surface area contributed by atoms with Gasteiger partial charge in [-0.2, -0.15) is 0 Å². The highest BCUT2D eigenvalue weighted by atomic mass is 35.5. The average molecular weight is 464 g/mol. The molecule has 0 spiro atoms. The van der Waals surface area contributed by atoms with E-state index in [9.17, 15) is 9.59 Å². The van der Waals surface area contributed by atoms with Gasteiger partial charge < -0.3 is 14.4 Å². The summed E-state index contributed by atoms with van der Waals surface area (Å²) in [6, 6.07) is 12.7. The van der Waals surface area contributed by atoms with Crippen LogP contribution in [-0.2, 0) is 24.7 Å². The fourth-order valence-electron chi connectivity index (χ4n) is 3.93. The summed E-state index contributed by atoms with van der Waals surface area (Å²) in [6.45, 7) is 8.34. The van der Waals surface area contributed by atoms with E-state index >= 15 is 0 Å². The van der Waals surface area contributed by atoms with Gasteiger partial charge in [-0.1, -0.05) is 55.2 Å². The van der Waals surface area contributed by atoms with Crippen molar-refractivity contribution in [1.29, 1.82) is 0 Å². The molecule has 166 valence electrons. The molecule has 0 aliphatic carbocycles. The molecule has 3 rings (SSSR count). The molecule has 7 heteroatoms. The number of rotatable bonds is 6. The zero-order valence-corrected chi connectivity index (χ0v) is 19.7. The van der Waals surface area contributed by atoms with Gasteiger partial charge in [-0.3, -0.25) is 9.59 Å². The monoisotopic (exact) mass is 463 g/mol. The number of anilines is 1. The highest BCUT2D eigenvalue weighted by molar-refractivity contribution is 6.31. The lowest BCUT2D eigenvalue weighted by Crippen LogP contribution is -2.43. The number of carbonyl (C=O) groups excluding carboxylic acids is 2. The van der Waals surface area contributed by atoms with E-state index in [1.165, 1.54) is 0 Å². The van der Waals surface area contributed by atoms with E-state index in [2.05, 4.69) is 0 Å². The van der Waals surface area contributed by atoms with Crippen molar-refractivity contribution in [3.8, 4) is 0 Å². The summed E-state index contributed by atoms with van der Waals surface area (Å²) in [7, 11) is 0. The van der Waals surface area contributed by atoms with Crippen LogP contribution in [0.5, 0.6) is 0 Å².